The number of fused-ring (bicyclic) bond motifs is 3. The Morgan fingerprint density at radius 2 is 1.91 bits per heavy atom. The minimum absolute atomic E-state index is 0.701. The van der Waals surface area contributed by atoms with Crippen LogP contribution < -0.4 is 4.90 Å². The van der Waals surface area contributed by atoms with Crippen LogP contribution in [0.3, 0.4) is 0 Å². The van der Waals surface area contributed by atoms with Gasteiger partial charge in [0.25, 0.3) is 0 Å². The van der Waals surface area contributed by atoms with E-state index in [2.05, 4.69) is 26.8 Å². The van der Waals surface area contributed by atoms with Gasteiger partial charge >= 0.3 is 0 Å². The van der Waals surface area contributed by atoms with Crippen molar-refractivity contribution in [2.24, 2.45) is 0 Å². The average molecular weight is 314 g/mol. The van der Waals surface area contributed by atoms with Crippen LogP contribution in [-0.2, 0) is 0 Å². The maximum Gasteiger partial charge on any atom is 0.156 e. The van der Waals surface area contributed by atoms with Crippen molar-refractivity contribution < 1.29 is 0 Å². The second-order valence-corrected chi connectivity index (χ2v) is 6.11. The summed E-state index contributed by atoms with van der Waals surface area (Å²) in [6.07, 6.45) is 3.43. The van der Waals surface area contributed by atoms with E-state index in [4.69, 9.17) is 16.6 Å². The van der Waals surface area contributed by atoms with Gasteiger partial charge in [-0.1, -0.05) is 11.6 Å². The average Bonchev–Trinajstić information content (AvgIpc) is 2.55. The van der Waals surface area contributed by atoms with Gasteiger partial charge in [0.15, 0.2) is 5.82 Å². The van der Waals surface area contributed by atoms with Gasteiger partial charge in [0.2, 0.25) is 0 Å². The lowest BCUT2D eigenvalue weighted by atomic mass is 10.1. The smallest absolute Gasteiger partial charge is 0.156 e. The Bertz CT molecular complexity index is 842. The maximum atomic E-state index is 6.14. The first-order valence-corrected chi connectivity index (χ1v) is 7.72. The zero-order valence-electron chi connectivity index (χ0n) is 12.3. The SMILES string of the molecule is CN1CCN(c2nc3ccc(Cl)cc3c3cncnc23)CC1. The molecule has 1 saturated heterocycles. The van der Waals surface area contributed by atoms with Crippen molar-refractivity contribution in [3.05, 3.63) is 35.7 Å². The molecule has 5 nitrogen and oxygen atoms in total. The van der Waals surface area contributed by atoms with Crippen LogP contribution in [0.15, 0.2) is 30.7 Å². The topological polar surface area (TPSA) is 45.2 Å². The molecule has 0 bridgehead atoms. The fourth-order valence-electron chi connectivity index (χ4n) is 2.93. The Kier molecular flexibility index (Phi) is 3.32. The van der Waals surface area contributed by atoms with Crippen molar-refractivity contribution in [2.45, 2.75) is 0 Å². The summed E-state index contributed by atoms with van der Waals surface area (Å²) in [7, 11) is 2.15. The van der Waals surface area contributed by atoms with E-state index in [1.807, 2.05) is 24.4 Å². The quantitative estimate of drug-likeness (QED) is 0.646. The number of anilines is 1. The lowest BCUT2D eigenvalue weighted by molar-refractivity contribution is 0.312. The first-order chi connectivity index (χ1) is 10.7. The Balaban J connectivity index is 1.95. The minimum atomic E-state index is 0.701. The molecule has 22 heavy (non-hydrogen) atoms. The molecule has 1 aliphatic heterocycles. The van der Waals surface area contributed by atoms with Crippen molar-refractivity contribution in [3.8, 4) is 0 Å². The number of benzene rings is 1. The highest BCUT2D eigenvalue weighted by atomic mass is 35.5. The number of hydrogen-bond donors (Lipinski definition) is 0. The summed E-state index contributed by atoms with van der Waals surface area (Å²) in [6.45, 7) is 3.99. The number of likely N-dealkylation sites (N-methyl/N-ethyl adjacent to an activating group) is 1. The summed E-state index contributed by atoms with van der Waals surface area (Å²) in [6, 6.07) is 5.77. The van der Waals surface area contributed by atoms with E-state index in [0.29, 0.717) is 5.02 Å². The van der Waals surface area contributed by atoms with Crippen LogP contribution in [0, 0.1) is 0 Å². The summed E-state index contributed by atoms with van der Waals surface area (Å²) in [4.78, 5) is 18.2. The van der Waals surface area contributed by atoms with Gasteiger partial charge in [0.05, 0.1) is 5.52 Å². The zero-order chi connectivity index (χ0) is 15.1. The van der Waals surface area contributed by atoms with E-state index in [0.717, 1.165) is 53.8 Å². The standard InChI is InChI=1S/C16H16ClN5/c1-21-4-6-22(7-5-21)16-15-13(9-18-10-19-15)12-8-11(17)2-3-14(12)20-16/h2-3,8-10H,4-7H2,1H3. The van der Waals surface area contributed by atoms with E-state index >= 15 is 0 Å². The van der Waals surface area contributed by atoms with Gasteiger partial charge < -0.3 is 9.80 Å². The van der Waals surface area contributed by atoms with Crippen LogP contribution in [0.2, 0.25) is 5.02 Å². The second-order valence-electron chi connectivity index (χ2n) is 5.67. The molecule has 1 fully saturated rings. The lowest BCUT2D eigenvalue weighted by Crippen LogP contribution is -2.45. The lowest BCUT2D eigenvalue weighted by Gasteiger charge is -2.33. The first kappa shape index (κ1) is 13.7. The van der Waals surface area contributed by atoms with E-state index < -0.39 is 0 Å². The van der Waals surface area contributed by atoms with Crippen LogP contribution in [-0.4, -0.2) is 53.1 Å². The Morgan fingerprint density at radius 3 is 2.73 bits per heavy atom. The molecule has 3 aromatic rings. The minimum Gasteiger partial charge on any atom is -0.352 e. The van der Waals surface area contributed by atoms with Crippen LogP contribution in [0.1, 0.15) is 0 Å². The largest absolute Gasteiger partial charge is 0.352 e. The Morgan fingerprint density at radius 1 is 1.09 bits per heavy atom. The molecule has 0 unspecified atom stereocenters. The molecule has 112 valence electrons. The summed E-state index contributed by atoms with van der Waals surface area (Å²) in [5, 5.41) is 2.71. The van der Waals surface area contributed by atoms with Gasteiger partial charge in [-0.05, 0) is 25.2 Å². The summed E-state index contributed by atoms with van der Waals surface area (Å²) in [5.41, 5.74) is 1.83. The van der Waals surface area contributed by atoms with E-state index in [9.17, 15) is 0 Å². The normalized spacial score (nSPS) is 16.5. The third-order valence-corrected chi connectivity index (χ3v) is 4.44. The molecule has 3 heterocycles. The fraction of sp³-hybridized carbons (Fsp3) is 0.312. The van der Waals surface area contributed by atoms with Gasteiger partial charge in [0, 0.05) is 48.2 Å². The molecule has 0 aliphatic carbocycles. The van der Waals surface area contributed by atoms with Crippen molar-refractivity contribution in [1.82, 2.24) is 19.9 Å². The number of nitrogens with zero attached hydrogens (tertiary/aromatic N) is 5. The molecular formula is C16H16ClN5. The number of halogens is 1. The number of pyridine rings is 1. The molecule has 6 heteroatoms. The summed E-state index contributed by atoms with van der Waals surface area (Å²) < 4.78 is 0. The fourth-order valence-corrected chi connectivity index (χ4v) is 3.10. The summed E-state index contributed by atoms with van der Waals surface area (Å²) in [5.74, 6) is 0.945. The molecule has 1 aliphatic rings. The zero-order valence-corrected chi connectivity index (χ0v) is 13.1. The molecular weight excluding hydrogens is 298 g/mol. The maximum absolute atomic E-state index is 6.14. The summed E-state index contributed by atoms with van der Waals surface area (Å²) >= 11 is 6.14. The Labute approximate surface area is 133 Å². The molecule has 0 spiro atoms. The molecule has 4 rings (SSSR count). The van der Waals surface area contributed by atoms with Crippen molar-refractivity contribution >= 4 is 39.2 Å². The van der Waals surface area contributed by atoms with Crippen molar-refractivity contribution in [3.63, 3.8) is 0 Å². The third-order valence-electron chi connectivity index (χ3n) is 4.20. The second kappa shape index (κ2) is 5.34. The highest BCUT2D eigenvalue weighted by Gasteiger charge is 2.19. The number of aromatic nitrogens is 3. The van der Waals surface area contributed by atoms with Crippen molar-refractivity contribution in [2.75, 3.05) is 38.1 Å². The van der Waals surface area contributed by atoms with Crippen LogP contribution in [0.5, 0.6) is 0 Å². The molecule has 0 atom stereocenters. The number of rotatable bonds is 1. The highest BCUT2D eigenvalue weighted by Crippen LogP contribution is 2.31. The molecule has 0 N–H and O–H groups in total. The van der Waals surface area contributed by atoms with Gasteiger partial charge in [-0.2, -0.15) is 0 Å². The van der Waals surface area contributed by atoms with Crippen LogP contribution >= 0.6 is 11.6 Å². The third kappa shape index (κ3) is 2.26. The predicted octanol–water partition coefficient (Wildman–Crippen LogP) is 2.58. The molecule has 1 aromatic carbocycles. The highest BCUT2D eigenvalue weighted by molar-refractivity contribution is 6.31. The van der Waals surface area contributed by atoms with E-state index in [-0.39, 0.29) is 0 Å². The van der Waals surface area contributed by atoms with Crippen LogP contribution in [0.4, 0.5) is 5.82 Å². The molecule has 0 amide bonds. The number of hydrogen-bond acceptors (Lipinski definition) is 5. The molecule has 0 radical (unpaired) electrons. The van der Waals surface area contributed by atoms with Crippen molar-refractivity contribution in [1.29, 1.82) is 0 Å². The van der Waals surface area contributed by atoms with Gasteiger partial charge in [0.1, 0.15) is 11.8 Å². The van der Waals surface area contributed by atoms with Gasteiger partial charge in [-0.3, -0.25) is 0 Å². The Hall–Kier alpha value is -1.98. The predicted molar refractivity (Wildman–Crippen MR) is 89.6 cm³/mol. The first-order valence-electron chi connectivity index (χ1n) is 7.35. The molecule has 2 aromatic heterocycles. The monoisotopic (exact) mass is 313 g/mol. The van der Waals surface area contributed by atoms with Gasteiger partial charge in [-0.15, -0.1) is 0 Å². The van der Waals surface area contributed by atoms with Crippen LogP contribution in [0.25, 0.3) is 21.8 Å². The number of piperazine rings is 1. The molecule has 0 saturated carbocycles. The van der Waals surface area contributed by atoms with E-state index in [1.54, 1.807) is 6.33 Å². The van der Waals surface area contributed by atoms with E-state index in [1.165, 1.54) is 0 Å². The van der Waals surface area contributed by atoms with Gasteiger partial charge in [-0.25, -0.2) is 15.0 Å².